The lowest BCUT2D eigenvalue weighted by Gasteiger charge is -2.16. The molecule has 0 aliphatic carbocycles. The van der Waals surface area contributed by atoms with Crippen LogP contribution in [0.1, 0.15) is 27.9 Å². The molecule has 1 aliphatic heterocycles. The number of halogens is 1. The standard InChI is InChI=1S/C22H23FN4O/c1-14-3-4-15(2)19(11-14)22(28)24-18-9-10-27(13-18)21-12-20(25-26-21)16-5-7-17(23)8-6-16/h3-8,11-12,18H,9-10,13H2,1-2H3,(H,24,28)(H,25,26)/t18-/m0/s1. The zero-order valence-electron chi connectivity index (χ0n) is 16.0. The summed E-state index contributed by atoms with van der Waals surface area (Å²) in [6.07, 6.45) is 0.870. The number of amides is 1. The highest BCUT2D eigenvalue weighted by atomic mass is 19.1. The van der Waals surface area contributed by atoms with E-state index in [0.717, 1.165) is 46.7 Å². The van der Waals surface area contributed by atoms with E-state index in [-0.39, 0.29) is 17.8 Å². The molecule has 0 spiro atoms. The number of carbonyl (C=O) groups is 1. The molecule has 1 atom stereocenters. The lowest BCUT2D eigenvalue weighted by Crippen LogP contribution is -2.37. The monoisotopic (exact) mass is 378 g/mol. The molecule has 2 heterocycles. The van der Waals surface area contributed by atoms with E-state index in [4.69, 9.17) is 0 Å². The van der Waals surface area contributed by atoms with Crippen molar-refractivity contribution in [2.45, 2.75) is 26.3 Å². The van der Waals surface area contributed by atoms with Gasteiger partial charge in [0.1, 0.15) is 5.82 Å². The Hall–Kier alpha value is -3.15. The van der Waals surface area contributed by atoms with Gasteiger partial charge in [0.15, 0.2) is 5.82 Å². The van der Waals surface area contributed by atoms with Crippen molar-refractivity contribution in [1.82, 2.24) is 15.5 Å². The van der Waals surface area contributed by atoms with Crippen molar-refractivity contribution in [3.63, 3.8) is 0 Å². The minimum absolute atomic E-state index is 0.0259. The number of hydrogen-bond donors (Lipinski definition) is 2. The number of carbonyl (C=O) groups excluding carboxylic acids is 1. The van der Waals surface area contributed by atoms with Crippen molar-refractivity contribution >= 4 is 11.7 Å². The maximum absolute atomic E-state index is 13.1. The number of aromatic nitrogens is 2. The molecule has 28 heavy (non-hydrogen) atoms. The third kappa shape index (κ3) is 3.76. The Balaban J connectivity index is 1.41. The van der Waals surface area contributed by atoms with Crippen LogP contribution in [0.25, 0.3) is 11.3 Å². The molecular formula is C22H23FN4O. The molecule has 6 heteroatoms. The average molecular weight is 378 g/mol. The number of aromatic amines is 1. The van der Waals surface area contributed by atoms with Crippen LogP contribution in [0.15, 0.2) is 48.5 Å². The molecule has 2 N–H and O–H groups in total. The molecule has 1 fully saturated rings. The van der Waals surface area contributed by atoms with Gasteiger partial charge >= 0.3 is 0 Å². The van der Waals surface area contributed by atoms with E-state index in [2.05, 4.69) is 20.4 Å². The molecule has 2 aromatic carbocycles. The largest absolute Gasteiger partial charge is 0.353 e. The van der Waals surface area contributed by atoms with Gasteiger partial charge in [0.25, 0.3) is 5.91 Å². The Morgan fingerprint density at radius 1 is 1.18 bits per heavy atom. The van der Waals surface area contributed by atoms with Crippen LogP contribution in [0.4, 0.5) is 10.2 Å². The summed E-state index contributed by atoms with van der Waals surface area (Å²) in [7, 11) is 0. The Labute approximate surface area is 163 Å². The maximum Gasteiger partial charge on any atom is 0.251 e. The molecule has 0 radical (unpaired) electrons. The smallest absolute Gasteiger partial charge is 0.251 e. The van der Waals surface area contributed by atoms with Gasteiger partial charge in [-0.3, -0.25) is 9.89 Å². The van der Waals surface area contributed by atoms with Gasteiger partial charge in [-0.25, -0.2) is 4.39 Å². The fourth-order valence-corrected chi connectivity index (χ4v) is 3.58. The summed E-state index contributed by atoms with van der Waals surface area (Å²) in [4.78, 5) is 14.8. The first-order chi connectivity index (χ1) is 13.5. The van der Waals surface area contributed by atoms with Crippen molar-refractivity contribution in [2.75, 3.05) is 18.0 Å². The molecule has 0 bridgehead atoms. The molecule has 0 unspecified atom stereocenters. The Bertz CT molecular complexity index is 996. The molecule has 1 aromatic heterocycles. The number of benzene rings is 2. The van der Waals surface area contributed by atoms with Crippen LogP contribution in [0.5, 0.6) is 0 Å². The van der Waals surface area contributed by atoms with E-state index < -0.39 is 0 Å². The van der Waals surface area contributed by atoms with Crippen LogP contribution in [-0.2, 0) is 0 Å². The summed E-state index contributed by atoms with van der Waals surface area (Å²) < 4.78 is 13.1. The molecule has 1 amide bonds. The van der Waals surface area contributed by atoms with E-state index in [9.17, 15) is 9.18 Å². The van der Waals surface area contributed by atoms with E-state index in [1.807, 2.05) is 38.1 Å². The van der Waals surface area contributed by atoms with Gasteiger partial charge < -0.3 is 10.2 Å². The summed E-state index contributed by atoms with van der Waals surface area (Å²) in [6, 6.07) is 14.3. The van der Waals surface area contributed by atoms with Crippen LogP contribution >= 0.6 is 0 Å². The lowest BCUT2D eigenvalue weighted by atomic mass is 10.0. The Morgan fingerprint density at radius 2 is 1.96 bits per heavy atom. The number of hydrogen-bond acceptors (Lipinski definition) is 3. The maximum atomic E-state index is 13.1. The molecular weight excluding hydrogens is 355 g/mol. The van der Waals surface area contributed by atoms with Crippen molar-refractivity contribution in [3.05, 3.63) is 71.0 Å². The van der Waals surface area contributed by atoms with Crippen LogP contribution in [-0.4, -0.2) is 35.2 Å². The van der Waals surface area contributed by atoms with Crippen LogP contribution in [0, 0.1) is 19.7 Å². The van der Waals surface area contributed by atoms with E-state index in [1.165, 1.54) is 12.1 Å². The quantitative estimate of drug-likeness (QED) is 0.725. The first-order valence-corrected chi connectivity index (χ1v) is 9.44. The topological polar surface area (TPSA) is 61.0 Å². The summed E-state index contributed by atoms with van der Waals surface area (Å²) in [6.45, 7) is 5.48. The second kappa shape index (κ2) is 7.46. The van der Waals surface area contributed by atoms with Crippen molar-refractivity contribution in [3.8, 4) is 11.3 Å². The molecule has 5 nitrogen and oxygen atoms in total. The first kappa shape index (κ1) is 18.2. The molecule has 1 aliphatic rings. The highest BCUT2D eigenvalue weighted by Crippen LogP contribution is 2.25. The number of anilines is 1. The molecule has 1 saturated heterocycles. The second-order valence-corrected chi connectivity index (χ2v) is 7.37. The van der Waals surface area contributed by atoms with Gasteiger partial charge in [-0.1, -0.05) is 17.7 Å². The van der Waals surface area contributed by atoms with Gasteiger partial charge in [0.05, 0.1) is 5.69 Å². The van der Waals surface area contributed by atoms with Crippen molar-refractivity contribution in [2.24, 2.45) is 0 Å². The van der Waals surface area contributed by atoms with Crippen LogP contribution in [0.3, 0.4) is 0 Å². The highest BCUT2D eigenvalue weighted by Gasteiger charge is 2.26. The molecule has 4 rings (SSSR count). The summed E-state index contributed by atoms with van der Waals surface area (Å²) in [5.41, 5.74) is 4.52. The van der Waals surface area contributed by atoms with Crippen LogP contribution < -0.4 is 10.2 Å². The van der Waals surface area contributed by atoms with Gasteiger partial charge in [-0.05, 0) is 61.7 Å². The zero-order chi connectivity index (χ0) is 19.7. The minimum atomic E-state index is -0.259. The molecule has 0 saturated carbocycles. The number of rotatable bonds is 4. The fraction of sp³-hybridized carbons (Fsp3) is 0.273. The fourth-order valence-electron chi connectivity index (χ4n) is 3.58. The first-order valence-electron chi connectivity index (χ1n) is 9.44. The molecule has 3 aromatic rings. The summed E-state index contributed by atoms with van der Waals surface area (Å²) >= 11 is 0. The summed E-state index contributed by atoms with van der Waals surface area (Å²) in [5.74, 6) is 0.551. The average Bonchev–Trinajstić information content (AvgIpc) is 3.34. The van der Waals surface area contributed by atoms with E-state index in [1.54, 1.807) is 12.1 Å². The summed E-state index contributed by atoms with van der Waals surface area (Å²) in [5, 5.41) is 10.5. The predicted molar refractivity (Wildman–Crippen MR) is 108 cm³/mol. The van der Waals surface area contributed by atoms with Crippen LogP contribution in [0.2, 0.25) is 0 Å². The Kier molecular flexibility index (Phi) is 4.86. The van der Waals surface area contributed by atoms with Gasteiger partial charge in [-0.15, -0.1) is 0 Å². The third-order valence-corrected chi connectivity index (χ3v) is 5.20. The SMILES string of the molecule is Cc1ccc(C)c(C(=O)N[C@H]2CCN(c3cc(-c4ccc(F)cc4)[nH]n3)C2)c1. The van der Waals surface area contributed by atoms with Gasteiger partial charge in [-0.2, -0.15) is 5.10 Å². The highest BCUT2D eigenvalue weighted by molar-refractivity contribution is 5.96. The zero-order valence-corrected chi connectivity index (χ0v) is 16.0. The Morgan fingerprint density at radius 3 is 2.75 bits per heavy atom. The van der Waals surface area contributed by atoms with Gasteiger partial charge in [0, 0.05) is 30.8 Å². The molecule has 144 valence electrons. The van der Waals surface area contributed by atoms with E-state index >= 15 is 0 Å². The number of nitrogens with one attached hydrogen (secondary N) is 2. The second-order valence-electron chi connectivity index (χ2n) is 7.37. The third-order valence-electron chi connectivity index (χ3n) is 5.20. The predicted octanol–water partition coefficient (Wildman–Crippen LogP) is 3.84. The normalized spacial score (nSPS) is 16.4. The number of nitrogens with zero attached hydrogens (tertiary/aromatic N) is 2. The minimum Gasteiger partial charge on any atom is -0.353 e. The van der Waals surface area contributed by atoms with E-state index in [0.29, 0.717) is 6.54 Å². The van der Waals surface area contributed by atoms with Crippen molar-refractivity contribution in [1.29, 1.82) is 0 Å². The van der Waals surface area contributed by atoms with Gasteiger partial charge in [0.2, 0.25) is 0 Å². The lowest BCUT2D eigenvalue weighted by molar-refractivity contribution is 0.0939. The number of aryl methyl sites for hydroxylation is 2. The van der Waals surface area contributed by atoms with Crippen molar-refractivity contribution < 1.29 is 9.18 Å². The number of H-pyrrole nitrogens is 1.